The van der Waals surface area contributed by atoms with E-state index in [0.717, 1.165) is 10.6 Å². The van der Waals surface area contributed by atoms with E-state index in [9.17, 15) is 4.79 Å². The summed E-state index contributed by atoms with van der Waals surface area (Å²) in [4.78, 5) is 13.1. The van der Waals surface area contributed by atoms with Gasteiger partial charge in [-0.25, -0.2) is 0 Å². The Morgan fingerprint density at radius 1 is 1.39 bits per heavy atom. The predicted octanol–water partition coefficient (Wildman–Crippen LogP) is 2.91. The minimum atomic E-state index is -0.127. The van der Waals surface area contributed by atoms with Crippen molar-refractivity contribution in [3.05, 3.63) is 24.3 Å². The van der Waals surface area contributed by atoms with Gasteiger partial charge in [-0.05, 0) is 38.2 Å². The molecule has 1 fully saturated rings. The first kappa shape index (κ1) is 15.3. The Balaban J connectivity index is 0.00000162. The van der Waals surface area contributed by atoms with Crippen LogP contribution in [0.5, 0.6) is 0 Å². The molecule has 0 aromatic heterocycles. The van der Waals surface area contributed by atoms with Gasteiger partial charge in [0, 0.05) is 10.9 Å². The number of rotatable bonds is 5. The monoisotopic (exact) mass is 286 g/mol. The summed E-state index contributed by atoms with van der Waals surface area (Å²) >= 11 is 1.64. The van der Waals surface area contributed by atoms with Crippen LogP contribution in [0.2, 0.25) is 0 Å². The minimum Gasteiger partial charge on any atom is -0.324 e. The summed E-state index contributed by atoms with van der Waals surface area (Å²) < 4.78 is 0. The molecule has 0 heterocycles. The summed E-state index contributed by atoms with van der Waals surface area (Å²) in [7, 11) is 0. The summed E-state index contributed by atoms with van der Waals surface area (Å²) in [6, 6.07) is 8.29. The fourth-order valence-electron chi connectivity index (χ4n) is 1.67. The maximum Gasteiger partial charge on any atom is 0.241 e. The van der Waals surface area contributed by atoms with Crippen LogP contribution in [-0.4, -0.2) is 24.2 Å². The van der Waals surface area contributed by atoms with Crippen LogP contribution >= 0.6 is 24.2 Å². The Morgan fingerprint density at radius 3 is 2.67 bits per heavy atom. The number of halogens is 1. The third-order valence-electron chi connectivity index (χ3n) is 2.82. The van der Waals surface area contributed by atoms with Gasteiger partial charge in [0.25, 0.3) is 0 Å². The van der Waals surface area contributed by atoms with Gasteiger partial charge in [-0.3, -0.25) is 4.79 Å². The number of anilines is 1. The van der Waals surface area contributed by atoms with Crippen LogP contribution in [0.25, 0.3) is 0 Å². The Kier molecular flexibility index (Phi) is 5.99. The Labute approximate surface area is 119 Å². The number of para-hydroxylation sites is 1. The zero-order valence-electron chi connectivity index (χ0n) is 10.6. The van der Waals surface area contributed by atoms with Crippen molar-refractivity contribution < 1.29 is 4.79 Å². The molecule has 1 unspecified atom stereocenters. The minimum absolute atomic E-state index is 0. The number of benzene rings is 1. The molecule has 1 aromatic rings. The van der Waals surface area contributed by atoms with Gasteiger partial charge in [0.2, 0.25) is 5.91 Å². The van der Waals surface area contributed by atoms with Crippen molar-refractivity contribution in [3.8, 4) is 0 Å². The molecular weight excluding hydrogens is 268 g/mol. The van der Waals surface area contributed by atoms with E-state index in [1.54, 1.807) is 11.8 Å². The number of carbonyl (C=O) groups is 1. The van der Waals surface area contributed by atoms with Gasteiger partial charge in [-0.2, -0.15) is 0 Å². The highest BCUT2D eigenvalue weighted by atomic mass is 35.5. The van der Waals surface area contributed by atoms with Crippen LogP contribution in [0.4, 0.5) is 5.69 Å². The van der Waals surface area contributed by atoms with Crippen molar-refractivity contribution in [1.82, 2.24) is 5.32 Å². The van der Waals surface area contributed by atoms with Crippen LogP contribution in [0.3, 0.4) is 0 Å². The van der Waals surface area contributed by atoms with E-state index >= 15 is 0 Å². The lowest BCUT2D eigenvalue weighted by molar-refractivity contribution is -0.117. The molecule has 1 amide bonds. The van der Waals surface area contributed by atoms with Crippen LogP contribution in [-0.2, 0) is 4.79 Å². The number of nitrogens with one attached hydrogen (secondary N) is 2. The fraction of sp³-hybridized carbons (Fsp3) is 0.462. The molecule has 1 aromatic carbocycles. The molecule has 0 saturated heterocycles. The largest absolute Gasteiger partial charge is 0.324 e. The molecule has 5 heteroatoms. The van der Waals surface area contributed by atoms with Gasteiger partial charge >= 0.3 is 0 Å². The Bertz CT molecular complexity index is 410. The second-order valence-electron chi connectivity index (χ2n) is 4.35. The highest BCUT2D eigenvalue weighted by Crippen LogP contribution is 2.25. The van der Waals surface area contributed by atoms with Crippen LogP contribution in [0, 0.1) is 0 Å². The molecule has 1 saturated carbocycles. The lowest BCUT2D eigenvalue weighted by Crippen LogP contribution is -2.39. The number of carbonyl (C=O) groups excluding carboxylic acids is 1. The predicted molar refractivity (Wildman–Crippen MR) is 79.7 cm³/mol. The van der Waals surface area contributed by atoms with Crippen LogP contribution in [0.15, 0.2) is 29.2 Å². The van der Waals surface area contributed by atoms with Crippen molar-refractivity contribution in [2.75, 3.05) is 11.6 Å². The molecule has 0 radical (unpaired) electrons. The molecule has 1 aliphatic carbocycles. The third kappa shape index (κ3) is 4.19. The summed E-state index contributed by atoms with van der Waals surface area (Å²) in [5, 5.41) is 6.26. The number of hydrogen-bond acceptors (Lipinski definition) is 3. The van der Waals surface area contributed by atoms with E-state index in [1.807, 2.05) is 37.4 Å². The Hall–Kier alpha value is -0.710. The van der Waals surface area contributed by atoms with E-state index in [-0.39, 0.29) is 24.4 Å². The standard InChI is InChI=1S/C13H18N2OS.ClH/c1-9(14-10-7-8-10)13(16)15-11-5-3-4-6-12(11)17-2;/h3-6,9-10,14H,7-8H2,1-2H3,(H,15,16);1H. The van der Waals surface area contributed by atoms with Crippen molar-refractivity contribution >= 4 is 35.8 Å². The van der Waals surface area contributed by atoms with Gasteiger partial charge in [0.05, 0.1) is 11.7 Å². The average molecular weight is 287 g/mol. The average Bonchev–Trinajstić information content (AvgIpc) is 3.13. The Morgan fingerprint density at radius 2 is 2.06 bits per heavy atom. The zero-order valence-corrected chi connectivity index (χ0v) is 12.2. The maximum absolute atomic E-state index is 12.0. The molecular formula is C13H19ClN2OS. The molecule has 0 bridgehead atoms. The number of hydrogen-bond donors (Lipinski definition) is 2. The molecule has 18 heavy (non-hydrogen) atoms. The first-order valence-corrected chi connectivity index (χ1v) is 7.13. The molecule has 0 spiro atoms. The maximum atomic E-state index is 12.0. The molecule has 1 atom stereocenters. The van der Waals surface area contributed by atoms with Gasteiger partial charge in [-0.1, -0.05) is 12.1 Å². The summed E-state index contributed by atoms with van der Waals surface area (Å²) in [5.41, 5.74) is 0.898. The van der Waals surface area contributed by atoms with Gasteiger partial charge in [0.1, 0.15) is 0 Å². The fourth-order valence-corrected chi connectivity index (χ4v) is 2.22. The number of thioether (sulfide) groups is 1. The van der Waals surface area contributed by atoms with Crippen LogP contribution in [0.1, 0.15) is 19.8 Å². The molecule has 100 valence electrons. The van der Waals surface area contributed by atoms with Gasteiger partial charge in [0.15, 0.2) is 0 Å². The molecule has 0 aliphatic heterocycles. The molecule has 2 N–H and O–H groups in total. The number of amides is 1. The summed E-state index contributed by atoms with van der Waals surface area (Å²) in [5.74, 6) is 0.0402. The van der Waals surface area contributed by atoms with E-state index in [4.69, 9.17) is 0 Å². The van der Waals surface area contributed by atoms with E-state index < -0.39 is 0 Å². The highest BCUT2D eigenvalue weighted by Gasteiger charge is 2.25. The third-order valence-corrected chi connectivity index (χ3v) is 3.62. The van der Waals surface area contributed by atoms with Crippen molar-refractivity contribution in [2.24, 2.45) is 0 Å². The van der Waals surface area contributed by atoms with E-state index in [2.05, 4.69) is 10.6 Å². The van der Waals surface area contributed by atoms with Gasteiger partial charge < -0.3 is 10.6 Å². The lowest BCUT2D eigenvalue weighted by Gasteiger charge is -2.15. The normalized spacial score (nSPS) is 15.7. The highest BCUT2D eigenvalue weighted by molar-refractivity contribution is 7.98. The van der Waals surface area contributed by atoms with E-state index in [1.165, 1.54) is 12.8 Å². The van der Waals surface area contributed by atoms with Gasteiger partial charge in [-0.15, -0.1) is 24.2 Å². The zero-order chi connectivity index (χ0) is 12.3. The van der Waals surface area contributed by atoms with E-state index in [0.29, 0.717) is 6.04 Å². The smallest absolute Gasteiger partial charge is 0.241 e. The summed E-state index contributed by atoms with van der Waals surface area (Å²) in [6.45, 7) is 1.91. The molecule has 2 rings (SSSR count). The SMILES string of the molecule is CSc1ccccc1NC(=O)C(C)NC1CC1.Cl. The first-order valence-electron chi connectivity index (χ1n) is 5.90. The van der Waals surface area contributed by atoms with Crippen molar-refractivity contribution in [3.63, 3.8) is 0 Å². The van der Waals surface area contributed by atoms with Crippen molar-refractivity contribution in [2.45, 2.75) is 36.7 Å². The van der Waals surface area contributed by atoms with Crippen molar-refractivity contribution in [1.29, 1.82) is 0 Å². The first-order chi connectivity index (χ1) is 8.20. The molecule has 1 aliphatic rings. The topological polar surface area (TPSA) is 41.1 Å². The lowest BCUT2D eigenvalue weighted by atomic mass is 10.2. The van der Waals surface area contributed by atoms with Crippen LogP contribution < -0.4 is 10.6 Å². The second kappa shape index (κ2) is 7.02. The molecule has 3 nitrogen and oxygen atoms in total. The quantitative estimate of drug-likeness (QED) is 0.818. The second-order valence-corrected chi connectivity index (χ2v) is 5.20. The summed E-state index contributed by atoms with van der Waals surface area (Å²) in [6.07, 6.45) is 4.40.